The minimum absolute atomic E-state index is 0.0262. The van der Waals surface area contributed by atoms with Crippen molar-refractivity contribution in [2.75, 3.05) is 35.8 Å². The molecule has 0 N–H and O–H groups in total. The van der Waals surface area contributed by atoms with Crippen LogP contribution in [0, 0.1) is 5.41 Å². The zero-order valence-corrected chi connectivity index (χ0v) is 14.6. The summed E-state index contributed by atoms with van der Waals surface area (Å²) in [5, 5.41) is 2.51. The molecule has 0 spiro atoms. The van der Waals surface area contributed by atoms with Crippen molar-refractivity contribution < 1.29 is 14.3 Å². The van der Waals surface area contributed by atoms with E-state index >= 15 is 0 Å². The Bertz CT molecular complexity index is 244. The topological polar surface area (TPSA) is 35.5 Å². The van der Waals surface area contributed by atoms with Crippen molar-refractivity contribution in [3.05, 3.63) is 12.2 Å². The lowest BCUT2D eigenvalue weighted by molar-refractivity contribution is -0.140. The smallest absolute Gasteiger partial charge is 0.333 e. The molecule has 0 fully saturated rings. The van der Waals surface area contributed by atoms with Crippen molar-refractivity contribution >= 4 is 53.8 Å². The zero-order valence-electron chi connectivity index (χ0n) is 9.81. The van der Waals surface area contributed by atoms with Gasteiger partial charge in [0.05, 0.1) is 13.2 Å². The minimum Gasteiger partial charge on any atom is -0.460 e. The average Bonchev–Trinajstić information content (AvgIpc) is 2.34. The molecule has 0 amide bonds. The van der Waals surface area contributed by atoms with Crippen LogP contribution in [0.2, 0.25) is 0 Å². The lowest BCUT2D eigenvalue weighted by Crippen LogP contribution is -2.33. The average molecular weight is 437 g/mol. The van der Waals surface area contributed by atoms with Crippen LogP contribution in [-0.2, 0) is 14.3 Å². The fraction of sp³-hybridized carbons (Fsp3) is 0.727. The second-order valence-corrected chi connectivity index (χ2v) is 5.55. The van der Waals surface area contributed by atoms with E-state index in [-0.39, 0.29) is 18.0 Å². The van der Waals surface area contributed by atoms with Gasteiger partial charge in [-0.15, -0.1) is 0 Å². The summed E-state index contributed by atoms with van der Waals surface area (Å²) in [6, 6.07) is 0. The molecule has 0 atom stereocenters. The Hall–Kier alpha value is 0.610. The number of ether oxygens (including phenoxy) is 2. The first kappa shape index (κ1) is 17.6. The van der Waals surface area contributed by atoms with Gasteiger partial charge in [-0.25, -0.2) is 4.79 Å². The predicted octanol–water partition coefficient (Wildman–Crippen LogP) is 3.29. The molecule has 0 bridgehead atoms. The Morgan fingerprint density at radius 2 is 1.71 bits per heavy atom. The van der Waals surface area contributed by atoms with Crippen molar-refractivity contribution in [1.82, 2.24) is 0 Å². The van der Waals surface area contributed by atoms with Crippen LogP contribution in [-0.4, -0.2) is 41.8 Å². The standard InChI is InChI=1S/C11H17Br3O3/c1-9(2)10(15)17-4-3-16-8-11(5-12,6-13)7-14/h1,3-8H2,2H3. The van der Waals surface area contributed by atoms with Gasteiger partial charge in [-0.2, -0.15) is 0 Å². The van der Waals surface area contributed by atoms with Gasteiger partial charge in [-0.1, -0.05) is 54.4 Å². The lowest BCUT2D eigenvalue weighted by Gasteiger charge is -2.27. The van der Waals surface area contributed by atoms with E-state index < -0.39 is 0 Å². The highest BCUT2D eigenvalue weighted by Crippen LogP contribution is 2.26. The second kappa shape index (κ2) is 9.53. The van der Waals surface area contributed by atoms with E-state index in [9.17, 15) is 4.79 Å². The van der Waals surface area contributed by atoms with Gasteiger partial charge in [0.2, 0.25) is 0 Å². The van der Waals surface area contributed by atoms with E-state index in [0.717, 1.165) is 16.0 Å². The molecule has 3 nitrogen and oxygen atoms in total. The number of halogens is 3. The highest BCUT2D eigenvalue weighted by atomic mass is 79.9. The fourth-order valence-corrected chi connectivity index (χ4v) is 4.10. The first-order chi connectivity index (χ1) is 8.01. The molecular weight excluding hydrogens is 420 g/mol. The SMILES string of the molecule is C=C(C)C(=O)OCCOCC(CBr)(CBr)CBr. The zero-order chi connectivity index (χ0) is 13.3. The van der Waals surface area contributed by atoms with E-state index in [1.165, 1.54) is 0 Å². The van der Waals surface area contributed by atoms with Crippen molar-refractivity contribution in [3.8, 4) is 0 Å². The van der Waals surface area contributed by atoms with Crippen molar-refractivity contribution in [3.63, 3.8) is 0 Å². The van der Waals surface area contributed by atoms with E-state index in [4.69, 9.17) is 9.47 Å². The van der Waals surface area contributed by atoms with Gasteiger partial charge in [0.15, 0.2) is 0 Å². The van der Waals surface area contributed by atoms with Crippen molar-refractivity contribution in [2.24, 2.45) is 5.41 Å². The van der Waals surface area contributed by atoms with Gasteiger partial charge >= 0.3 is 5.97 Å². The van der Waals surface area contributed by atoms with Gasteiger partial charge in [0.1, 0.15) is 6.61 Å². The third-order valence-electron chi connectivity index (χ3n) is 2.07. The monoisotopic (exact) mass is 434 g/mol. The maximum Gasteiger partial charge on any atom is 0.333 e. The Kier molecular flexibility index (Phi) is 9.87. The third-order valence-corrected chi connectivity index (χ3v) is 5.64. The molecule has 0 aromatic carbocycles. The normalized spacial score (nSPS) is 11.3. The maximum absolute atomic E-state index is 11.1. The van der Waals surface area contributed by atoms with Crippen LogP contribution in [0.5, 0.6) is 0 Å². The predicted molar refractivity (Wildman–Crippen MR) is 80.4 cm³/mol. The Labute approximate surface area is 128 Å². The molecule has 0 aliphatic heterocycles. The van der Waals surface area contributed by atoms with Crippen LogP contribution >= 0.6 is 47.8 Å². The van der Waals surface area contributed by atoms with E-state index in [1.54, 1.807) is 6.92 Å². The number of carbonyl (C=O) groups excluding carboxylic acids is 1. The number of esters is 1. The second-order valence-electron chi connectivity index (χ2n) is 3.87. The van der Waals surface area contributed by atoms with Crippen LogP contribution in [0.15, 0.2) is 12.2 Å². The fourth-order valence-electron chi connectivity index (χ4n) is 0.828. The Morgan fingerprint density at radius 1 is 1.18 bits per heavy atom. The minimum atomic E-state index is -0.374. The summed E-state index contributed by atoms with van der Waals surface area (Å²) in [7, 11) is 0. The largest absolute Gasteiger partial charge is 0.460 e. The molecule has 0 aliphatic carbocycles. The first-order valence-corrected chi connectivity index (χ1v) is 8.46. The quantitative estimate of drug-likeness (QED) is 0.241. The van der Waals surface area contributed by atoms with Crippen LogP contribution in [0.4, 0.5) is 0 Å². The molecule has 0 saturated carbocycles. The van der Waals surface area contributed by atoms with Crippen LogP contribution in [0.1, 0.15) is 6.92 Å². The maximum atomic E-state index is 11.1. The van der Waals surface area contributed by atoms with Crippen molar-refractivity contribution in [2.45, 2.75) is 6.92 Å². The molecule has 0 heterocycles. The molecule has 0 saturated heterocycles. The molecule has 0 aromatic rings. The summed E-state index contributed by atoms with van der Waals surface area (Å²) in [5.74, 6) is -0.374. The molecule has 0 radical (unpaired) electrons. The van der Waals surface area contributed by atoms with Gasteiger partial charge in [0.25, 0.3) is 0 Å². The highest BCUT2D eigenvalue weighted by Gasteiger charge is 2.26. The van der Waals surface area contributed by atoms with E-state index in [2.05, 4.69) is 54.4 Å². The summed E-state index contributed by atoms with van der Waals surface area (Å²) in [6.07, 6.45) is 0. The van der Waals surface area contributed by atoms with Gasteiger partial charge < -0.3 is 9.47 Å². The summed E-state index contributed by atoms with van der Waals surface area (Å²) < 4.78 is 10.4. The van der Waals surface area contributed by atoms with Gasteiger partial charge in [-0.3, -0.25) is 0 Å². The number of alkyl halides is 3. The Balaban J connectivity index is 3.76. The van der Waals surface area contributed by atoms with Crippen molar-refractivity contribution in [1.29, 1.82) is 0 Å². The Morgan fingerprint density at radius 3 is 2.12 bits per heavy atom. The summed E-state index contributed by atoms with van der Waals surface area (Å²) in [4.78, 5) is 11.1. The van der Waals surface area contributed by atoms with E-state index in [1.807, 2.05) is 0 Å². The summed E-state index contributed by atoms with van der Waals surface area (Å²) >= 11 is 10.4. The molecule has 0 aliphatic rings. The number of hydrogen-bond acceptors (Lipinski definition) is 3. The summed E-state index contributed by atoms with van der Waals surface area (Å²) in [6.45, 7) is 6.37. The van der Waals surface area contributed by atoms with E-state index in [0.29, 0.717) is 18.8 Å². The van der Waals surface area contributed by atoms with Crippen LogP contribution in [0.25, 0.3) is 0 Å². The van der Waals surface area contributed by atoms with Crippen LogP contribution < -0.4 is 0 Å². The molecule has 0 rings (SSSR count). The molecule has 6 heteroatoms. The van der Waals surface area contributed by atoms with Gasteiger partial charge in [-0.05, 0) is 6.92 Å². The number of rotatable bonds is 9. The lowest BCUT2D eigenvalue weighted by atomic mass is 9.98. The molecule has 100 valence electrons. The third kappa shape index (κ3) is 6.94. The summed E-state index contributed by atoms with van der Waals surface area (Å²) in [5.41, 5.74) is 0.430. The highest BCUT2D eigenvalue weighted by molar-refractivity contribution is 9.10. The first-order valence-electron chi connectivity index (χ1n) is 5.09. The molecular formula is C11H17Br3O3. The van der Waals surface area contributed by atoms with Crippen LogP contribution in [0.3, 0.4) is 0 Å². The van der Waals surface area contributed by atoms with Gasteiger partial charge in [0, 0.05) is 27.0 Å². The number of hydrogen-bond donors (Lipinski definition) is 0. The number of carbonyl (C=O) groups is 1. The molecule has 0 unspecified atom stereocenters. The molecule has 17 heavy (non-hydrogen) atoms. The molecule has 0 aromatic heterocycles.